The van der Waals surface area contributed by atoms with Crippen LogP contribution in [0.2, 0.25) is 0 Å². The zero-order valence-corrected chi connectivity index (χ0v) is 55.8. The van der Waals surface area contributed by atoms with Gasteiger partial charge in [-0.3, -0.25) is 19.4 Å². The van der Waals surface area contributed by atoms with E-state index >= 15 is 0 Å². The molecule has 6 aromatic rings. The number of hydrogen-bond acceptors (Lipinski definition) is 17. The van der Waals surface area contributed by atoms with Gasteiger partial charge in [0.15, 0.2) is 0 Å². The first-order valence-corrected chi connectivity index (χ1v) is 33.4. The van der Waals surface area contributed by atoms with E-state index in [9.17, 15) is 71.9 Å². The third-order valence-electron chi connectivity index (χ3n) is 17.5. The minimum atomic E-state index is -4.80. The number of piperazine rings is 3. The van der Waals surface area contributed by atoms with Gasteiger partial charge in [-0.05, 0) is 78.3 Å². The molecule has 3 saturated heterocycles. The second-order valence-electron chi connectivity index (χ2n) is 24.5. The monoisotopic (exact) mass is 1480 g/mol. The van der Waals surface area contributed by atoms with Crippen molar-refractivity contribution in [1.29, 1.82) is 0 Å². The molecule has 6 aromatic carbocycles. The van der Waals surface area contributed by atoms with Crippen LogP contribution in [0.3, 0.4) is 0 Å². The van der Waals surface area contributed by atoms with Crippen molar-refractivity contribution in [2.24, 2.45) is 0 Å². The van der Waals surface area contributed by atoms with Crippen molar-refractivity contribution in [2.75, 3.05) is 98.4 Å². The Hall–Kier alpha value is -9.76. The number of benzene rings is 6. The molecule has 0 aromatic heterocycles. The van der Waals surface area contributed by atoms with Gasteiger partial charge >= 0.3 is 37.6 Å². The smallest absolute Gasteiger partial charge is 0.493 e. The standard InChI is InChI=1S/C22H21F3N2O5.C21H22F3NO4.C14H15F3N2O3.C14H17F3N2O2/c23-22(24,25)32-16-6-7-17-18(8-11-30-19(17)12-16)27-10-9-26(13-20(27)28)21(29)31-14-15-4-2-1-3-5-15;22-21(23,24)29-17-8-9-18-16(10-12-27-19(18)13-17)7-4-11-25-20(26)28-14-15-5-2-1-3-6-15;15-14(16,17)22-9-1-2-10-11(3-6-21-12(10)7-9)19-5-4-18-8-13(19)20;15-14(16,17)21-10-1-2-11-12(3-8-20-13(11)9-10)19-6-4-18-5-7-19/h1-7,12,18H,8-11,13-14H2;1-3,5-6,8-9,13,16H,4,7,10-12,14H2,(H,25,26);1-2,7,11,18H,3-6,8H2;1-2,9,12,18H,3-8H2. The number of alkyl halides is 12. The van der Waals surface area contributed by atoms with Gasteiger partial charge in [0, 0.05) is 125 Å². The number of fused-ring (bicyclic) bond motifs is 4. The van der Waals surface area contributed by atoms with Gasteiger partial charge in [0.05, 0.1) is 45.1 Å². The van der Waals surface area contributed by atoms with Crippen LogP contribution in [0, 0.1) is 0 Å². The van der Waals surface area contributed by atoms with E-state index in [0.717, 1.165) is 73.3 Å². The first-order chi connectivity index (χ1) is 49.7. The minimum absolute atomic E-state index is 0.0141. The van der Waals surface area contributed by atoms with Gasteiger partial charge < -0.3 is 73.1 Å². The highest BCUT2D eigenvalue weighted by Gasteiger charge is 2.40. The number of nitrogens with zero attached hydrogens (tertiary/aromatic N) is 4. The van der Waals surface area contributed by atoms with Gasteiger partial charge in [-0.25, -0.2) is 9.59 Å². The van der Waals surface area contributed by atoms with E-state index in [4.69, 9.17) is 28.4 Å². The van der Waals surface area contributed by atoms with E-state index in [1.54, 1.807) is 21.9 Å². The van der Waals surface area contributed by atoms with Gasteiger partial charge in [0.2, 0.25) is 11.8 Å². The molecule has 0 bridgehead atoms. The van der Waals surface area contributed by atoms with E-state index < -0.39 is 37.6 Å². The molecule has 0 spiro atoms. The van der Waals surface area contributed by atoms with Crippen LogP contribution in [0.4, 0.5) is 62.3 Å². The van der Waals surface area contributed by atoms with E-state index in [2.05, 4.69) is 39.8 Å². The molecule has 4 atom stereocenters. The molecule has 0 aliphatic carbocycles. The van der Waals surface area contributed by atoms with Crippen molar-refractivity contribution in [3.8, 4) is 46.0 Å². The molecule has 7 aliphatic heterocycles. The predicted octanol–water partition coefficient (Wildman–Crippen LogP) is 13.2. The second-order valence-corrected chi connectivity index (χ2v) is 24.5. The number of rotatable bonds is 15. The molecular weight excluding hydrogens is 1400 g/mol. The summed E-state index contributed by atoms with van der Waals surface area (Å²) in [6, 6.07) is 34.7. The molecule has 13 rings (SSSR count). The lowest BCUT2D eigenvalue weighted by Gasteiger charge is -2.40. The Bertz CT molecular complexity index is 3840. The fourth-order valence-electron chi connectivity index (χ4n) is 12.9. The fourth-order valence-corrected chi connectivity index (χ4v) is 12.9. The van der Waals surface area contributed by atoms with E-state index in [1.807, 2.05) is 60.7 Å². The molecule has 33 heteroatoms. The summed E-state index contributed by atoms with van der Waals surface area (Å²) >= 11 is 0. The van der Waals surface area contributed by atoms with Crippen LogP contribution >= 0.6 is 0 Å². The summed E-state index contributed by atoms with van der Waals surface area (Å²) in [5, 5.41) is 9.00. The van der Waals surface area contributed by atoms with Crippen LogP contribution in [-0.4, -0.2) is 167 Å². The Morgan fingerprint density at radius 2 is 0.875 bits per heavy atom. The van der Waals surface area contributed by atoms with Gasteiger partial charge in [-0.1, -0.05) is 72.8 Å². The first kappa shape index (κ1) is 76.9. The summed E-state index contributed by atoms with van der Waals surface area (Å²) in [6.07, 6.45) is -15.8. The first-order valence-electron chi connectivity index (χ1n) is 33.4. The Balaban J connectivity index is 0.000000151. The largest absolute Gasteiger partial charge is 0.573 e. The highest BCUT2D eigenvalue weighted by atomic mass is 19.4. The van der Waals surface area contributed by atoms with E-state index in [-0.39, 0.29) is 104 Å². The number of nitrogens with one attached hydrogen (secondary N) is 3. The normalized spacial score (nSPS) is 19.5. The summed E-state index contributed by atoms with van der Waals surface area (Å²) in [6.45, 7) is 8.06. The average molecular weight is 1480 g/mol. The number of ether oxygens (including phenoxy) is 10. The van der Waals surface area contributed by atoms with Crippen LogP contribution in [0.15, 0.2) is 133 Å². The van der Waals surface area contributed by atoms with Crippen molar-refractivity contribution in [3.05, 3.63) is 167 Å². The van der Waals surface area contributed by atoms with E-state index in [0.29, 0.717) is 88.1 Å². The lowest BCUT2D eigenvalue weighted by molar-refractivity contribution is -0.275. The number of hydrogen-bond donors (Lipinski definition) is 3. The highest BCUT2D eigenvalue weighted by Crippen LogP contribution is 2.44. The molecule has 4 unspecified atom stereocenters. The third kappa shape index (κ3) is 22.9. The third-order valence-corrected chi connectivity index (χ3v) is 17.5. The van der Waals surface area contributed by atoms with E-state index in [1.165, 1.54) is 65.6 Å². The number of carbonyl (C=O) groups is 4. The fraction of sp³-hybridized carbons (Fsp3) is 0.437. The number of alkyl carbamates (subject to hydrolysis) is 1. The molecule has 7 heterocycles. The maximum atomic E-state index is 12.8. The van der Waals surface area contributed by atoms with Crippen molar-refractivity contribution < 1.29 is 119 Å². The molecule has 562 valence electrons. The van der Waals surface area contributed by atoms with Crippen molar-refractivity contribution in [2.45, 2.75) is 101 Å². The molecule has 21 nitrogen and oxygen atoms in total. The summed E-state index contributed by atoms with van der Waals surface area (Å²) < 4.78 is 196. The van der Waals surface area contributed by atoms with Crippen LogP contribution < -0.4 is 53.8 Å². The zero-order chi connectivity index (χ0) is 74.0. The van der Waals surface area contributed by atoms with Crippen molar-refractivity contribution in [3.63, 3.8) is 0 Å². The SMILES string of the molecule is FC(F)(F)Oc1ccc2c(c1)OCCC2N1CCNCC1.O=C(NCCCC1CCOc2cc(OC(F)(F)F)ccc21)OCc1ccccc1.O=C(OCc1ccccc1)N1CCN(C2CCOc3cc(OC(F)(F)F)ccc32)C(=O)C1.O=C1CNCCN1C1CCOc2cc(OC(F)(F)F)ccc21. The van der Waals surface area contributed by atoms with Crippen LogP contribution in [0.5, 0.6) is 46.0 Å². The summed E-state index contributed by atoms with van der Waals surface area (Å²) in [5.41, 5.74) is 4.89. The Morgan fingerprint density at radius 1 is 0.462 bits per heavy atom. The molecule has 0 radical (unpaired) electrons. The van der Waals surface area contributed by atoms with Crippen LogP contribution in [-0.2, 0) is 32.3 Å². The van der Waals surface area contributed by atoms with Gasteiger partial charge in [-0.2, -0.15) is 0 Å². The van der Waals surface area contributed by atoms with Gasteiger partial charge in [-0.15, -0.1) is 52.7 Å². The number of carbonyl (C=O) groups excluding carboxylic acids is 4. The zero-order valence-electron chi connectivity index (χ0n) is 55.8. The lowest BCUT2D eigenvalue weighted by Crippen LogP contribution is -2.53. The molecule has 0 saturated carbocycles. The van der Waals surface area contributed by atoms with Gasteiger partial charge in [0.25, 0.3) is 0 Å². The lowest BCUT2D eigenvalue weighted by atomic mass is 9.89. The Morgan fingerprint density at radius 3 is 1.34 bits per heavy atom. The quantitative estimate of drug-likeness (QED) is 0.0645. The molecule has 3 fully saturated rings. The Labute approximate surface area is 589 Å². The minimum Gasteiger partial charge on any atom is -0.493 e. The average Bonchev–Trinajstić information content (AvgIpc) is 0.825. The topological polar surface area (TPSA) is 210 Å². The molecule has 4 amide bonds. The molecule has 104 heavy (non-hydrogen) atoms. The van der Waals surface area contributed by atoms with Gasteiger partial charge in [0.1, 0.15) is 65.8 Å². The summed E-state index contributed by atoms with van der Waals surface area (Å²) in [7, 11) is 0. The van der Waals surface area contributed by atoms with Crippen LogP contribution in [0.1, 0.15) is 95.9 Å². The molecule has 7 aliphatic rings. The summed E-state index contributed by atoms with van der Waals surface area (Å²) in [4.78, 5) is 56.0. The van der Waals surface area contributed by atoms with Crippen LogP contribution in [0.25, 0.3) is 0 Å². The number of amides is 4. The van der Waals surface area contributed by atoms with Crippen molar-refractivity contribution >= 4 is 24.0 Å². The molecule has 3 N–H and O–H groups in total. The number of halogens is 12. The second kappa shape index (κ2) is 35.1. The maximum Gasteiger partial charge on any atom is 0.573 e. The molecular formula is C71H75F12N7O14. The highest BCUT2D eigenvalue weighted by molar-refractivity contribution is 5.84. The maximum absolute atomic E-state index is 12.8. The Kier molecular flexibility index (Phi) is 26.0. The predicted molar refractivity (Wildman–Crippen MR) is 347 cm³/mol. The summed E-state index contributed by atoms with van der Waals surface area (Å²) in [5.74, 6) is 0.145. The van der Waals surface area contributed by atoms with Crippen molar-refractivity contribution in [1.82, 2.24) is 35.6 Å².